The van der Waals surface area contributed by atoms with Crippen LogP contribution in [-0.4, -0.2) is 101 Å². The second kappa shape index (κ2) is 9.89. The first-order chi connectivity index (χ1) is 18.0. The summed E-state index contributed by atoms with van der Waals surface area (Å²) in [6.45, 7) is 12.1. The molecule has 0 aliphatic carbocycles. The first-order valence-corrected chi connectivity index (χ1v) is 13.2. The fourth-order valence-corrected chi connectivity index (χ4v) is 5.71. The van der Waals surface area contributed by atoms with Crippen molar-refractivity contribution in [1.82, 2.24) is 34.8 Å². The molecule has 4 aromatic rings. The molecule has 6 rings (SSSR count). The molecule has 0 spiro atoms. The lowest BCUT2D eigenvalue weighted by Gasteiger charge is -2.36. The van der Waals surface area contributed by atoms with E-state index in [0.29, 0.717) is 6.61 Å². The maximum atomic E-state index is 5.81. The predicted molar refractivity (Wildman–Crippen MR) is 147 cm³/mol. The molecule has 37 heavy (non-hydrogen) atoms. The van der Waals surface area contributed by atoms with Crippen molar-refractivity contribution in [2.75, 3.05) is 71.5 Å². The molecule has 2 fully saturated rings. The van der Waals surface area contributed by atoms with Gasteiger partial charge in [0.25, 0.3) is 0 Å². The van der Waals surface area contributed by atoms with Crippen molar-refractivity contribution >= 4 is 16.7 Å². The smallest absolute Gasteiger partial charge is 0.160 e. The molecular weight excluding hydrogens is 464 g/mol. The number of aromatic amines is 1. The molecule has 1 N–H and O–H groups in total. The third kappa shape index (κ3) is 4.74. The van der Waals surface area contributed by atoms with Gasteiger partial charge in [0.05, 0.1) is 31.1 Å². The van der Waals surface area contributed by atoms with Gasteiger partial charge in [0.2, 0.25) is 0 Å². The van der Waals surface area contributed by atoms with E-state index in [9.17, 15) is 0 Å². The minimum Gasteiger partial charge on any atom is -0.378 e. The van der Waals surface area contributed by atoms with Gasteiger partial charge in [0, 0.05) is 79.4 Å². The van der Waals surface area contributed by atoms with Crippen molar-refractivity contribution in [2.24, 2.45) is 0 Å². The van der Waals surface area contributed by atoms with E-state index in [1.54, 1.807) is 0 Å². The molecule has 2 aliphatic heterocycles. The second-order valence-electron chi connectivity index (χ2n) is 10.6. The van der Waals surface area contributed by atoms with Gasteiger partial charge >= 0.3 is 0 Å². The summed E-state index contributed by atoms with van der Waals surface area (Å²) in [4.78, 5) is 10.5. The van der Waals surface area contributed by atoms with Gasteiger partial charge in [-0.05, 0) is 57.3 Å². The van der Waals surface area contributed by atoms with Crippen LogP contribution in [0.1, 0.15) is 17.2 Å². The first-order valence-electron chi connectivity index (χ1n) is 13.2. The van der Waals surface area contributed by atoms with Crippen LogP contribution < -0.4 is 4.90 Å². The van der Waals surface area contributed by atoms with Crippen LogP contribution in [0.3, 0.4) is 0 Å². The topological polar surface area (TPSA) is 78.3 Å². The molecule has 194 valence electrons. The highest BCUT2D eigenvalue weighted by molar-refractivity contribution is 5.95. The van der Waals surface area contributed by atoms with Gasteiger partial charge in [0.1, 0.15) is 0 Å². The number of fused-ring (bicyclic) bond motifs is 1. The lowest BCUT2D eigenvalue weighted by atomic mass is 10.00. The summed E-state index contributed by atoms with van der Waals surface area (Å²) in [5.41, 5.74) is 8.85. The molecule has 0 bridgehead atoms. The van der Waals surface area contributed by atoms with Gasteiger partial charge in [-0.1, -0.05) is 0 Å². The van der Waals surface area contributed by atoms with Crippen LogP contribution >= 0.6 is 0 Å². The van der Waals surface area contributed by atoms with Crippen LogP contribution in [-0.2, 0) is 4.74 Å². The Kier molecular flexibility index (Phi) is 6.44. The van der Waals surface area contributed by atoms with E-state index in [0.717, 1.165) is 79.3 Å². The second-order valence-corrected chi connectivity index (χ2v) is 10.6. The zero-order chi connectivity index (χ0) is 25.5. The molecule has 1 unspecified atom stereocenters. The highest BCUT2D eigenvalue weighted by Gasteiger charge is 2.21. The number of anilines is 1. The minimum atomic E-state index is 0.201. The van der Waals surface area contributed by atoms with E-state index in [2.05, 4.69) is 82.2 Å². The Morgan fingerprint density at radius 3 is 2.49 bits per heavy atom. The van der Waals surface area contributed by atoms with Crippen molar-refractivity contribution in [3.05, 3.63) is 47.9 Å². The number of nitrogens with one attached hydrogen (secondary N) is 1. The number of H-pyrrole nitrogens is 1. The third-order valence-electron chi connectivity index (χ3n) is 7.78. The van der Waals surface area contributed by atoms with E-state index < -0.39 is 0 Å². The summed E-state index contributed by atoms with van der Waals surface area (Å²) in [5, 5.41) is 14.8. The van der Waals surface area contributed by atoms with Gasteiger partial charge < -0.3 is 24.4 Å². The average molecular weight is 501 g/mol. The molecular formula is C28H36N8O. The van der Waals surface area contributed by atoms with Crippen molar-refractivity contribution < 1.29 is 4.74 Å². The molecule has 9 heteroatoms. The number of piperazine rings is 1. The van der Waals surface area contributed by atoms with Gasteiger partial charge in [-0.25, -0.2) is 0 Å². The molecule has 0 amide bonds. The highest BCUT2D eigenvalue weighted by atomic mass is 16.5. The molecule has 2 aliphatic rings. The monoisotopic (exact) mass is 500 g/mol. The highest BCUT2D eigenvalue weighted by Crippen LogP contribution is 2.34. The van der Waals surface area contributed by atoms with Gasteiger partial charge in [0.15, 0.2) is 5.65 Å². The standard InChI is InChI=1S/C28H36N8O/c1-19-11-21(12-20(2)27(19)35-7-5-33(3)6-8-35)26-13-24-25(15-29-28(24)32-31-26)22-14-30-36(16-22)23-17-34(4)9-10-37-18-23/h11-16,23H,5-10,17-18H2,1-4H3,(H,29,32). The first kappa shape index (κ1) is 24.1. The number of hydrogen-bond acceptors (Lipinski definition) is 7. The molecule has 0 saturated carbocycles. The number of rotatable bonds is 4. The normalized spacial score (nSPS) is 20.0. The summed E-state index contributed by atoms with van der Waals surface area (Å²) < 4.78 is 7.84. The largest absolute Gasteiger partial charge is 0.378 e. The Morgan fingerprint density at radius 2 is 1.70 bits per heavy atom. The SMILES string of the molecule is Cc1cc(-c2cc3c(-c4cnn(C5COCCN(C)C5)c4)c[nH]c3nn2)cc(C)c1N1CCN(C)CC1. The zero-order valence-electron chi connectivity index (χ0n) is 22.2. The fourth-order valence-electron chi connectivity index (χ4n) is 5.71. The quantitative estimate of drug-likeness (QED) is 0.460. The van der Waals surface area contributed by atoms with Gasteiger partial charge in [-0.15, -0.1) is 10.2 Å². The van der Waals surface area contributed by atoms with E-state index in [4.69, 9.17) is 9.84 Å². The molecule has 5 heterocycles. The van der Waals surface area contributed by atoms with E-state index in [1.165, 1.54) is 16.8 Å². The third-order valence-corrected chi connectivity index (χ3v) is 7.78. The average Bonchev–Trinajstić information content (AvgIpc) is 3.47. The molecule has 2 saturated heterocycles. The maximum absolute atomic E-state index is 5.81. The van der Waals surface area contributed by atoms with Crippen LogP contribution in [0.15, 0.2) is 36.8 Å². The summed E-state index contributed by atoms with van der Waals surface area (Å²) in [7, 11) is 4.33. The summed E-state index contributed by atoms with van der Waals surface area (Å²) in [6, 6.07) is 6.86. The molecule has 3 aromatic heterocycles. The molecule has 9 nitrogen and oxygen atoms in total. The number of aryl methyl sites for hydroxylation is 2. The van der Waals surface area contributed by atoms with Gasteiger partial charge in [-0.2, -0.15) is 5.10 Å². The van der Waals surface area contributed by atoms with Crippen molar-refractivity contribution in [3.8, 4) is 22.4 Å². The summed E-state index contributed by atoms with van der Waals surface area (Å²) >= 11 is 0. The minimum absolute atomic E-state index is 0.201. The summed E-state index contributed by atoms with van der Waals surface area (Å²) in [5.74, 6) is 0. The number of ether oxygens (including phenoxy) is 1. The number of nitrogens with zero attached hydrogens (tertiary/aromatic N) is 7. The summed E-state index contributed by atoms with van der Waals surface area (Å²) in [6.07, 6.45) is 6.06. The van der Waals surface area contributed by atoms with Crippen molar-refractivity contribution in [3.63, 3.8) is 0 Å². The van der Waals surface area contributed by atoms with E-state index in [-0.39, 0.29) is 6.04 Å². The Balaban J connectivity index is 1.31. The lowest BCUT2D eigenvalue weighted by Crippen LogP contribution is -2.45. The number of aromatic nitrogens is 5. The van der Waals surface area contributed by atoms with E-state index in [1.807, 2.05) is 17.1 Å². The molecule has 1 aromatic carbocycles. The predicted octanol–water partition coefficient (Wildman–Crippen LogP) is 3.36. The van der Waals surface area contributed by atoms with Crippen LogP contribution in [0.2, 0.25) is 0 Å². The van der Waals surface area contributed by atoms with E-state index >= 15 is 0 Å². The number of hydrogen-bond donors (Lipinski definition) is 1. The maximum Gasteiger partial charge on any atom is 0.160 e. The Labute approximate surface area is 218 Å². The molecule has 0 radical (unpaired) electrons. The van der Waals surface area contributed by atoms with Crippen LogP contribution in [0.5, 0.6) is 0 Å². The molecule has 1 atom stereocenters. The number of benzene rings is 1. The van der Waals surface area contributed by atoms with Gasteiger partial charge in [-0.3, -0.25) is 4.68 Å². The van der Waals surface area contributed by atoms with Crippen LogP contribution in [0, 0.1) is 13.8 Å². The van der Waals surface area contributed by atoms with Crippen LogP contribution in [0.4, 0.5) is 5.69 Å². The number of likely N-dealkylation sites (N-methyl/N-ethyl adjacent to an activating group) is 2. The Hall–Kier alpha value is -3.27. The van der Waals surface area contributed by atoms with Crippen molar-refractivity contribution in [1.29, 1.82) is 0 Å². The lowest BCUT2D eigenvalue weighted by molar-refractivity contribution is 0.121. The van der Waals surface area contributed by atoms with Crippen molar-refractivity contribution in [2.45, 2.75) is 19.9 Å². The Morgan fingerprint density at radius 1 is 0.919 bits per heavy atom. The fraction of sp³-hybridized carbons (Fsp3) is 0.464. The zero-order valence-corrected chi connectivity index (χ0v) is 22.2. The van der Waals surface area contributed by atoms with Crippen LogP contribution in [0.25, 0.3) is 33.4 Å². The Bertz CT molecular complexity index is 1380.